The van der Waals surface area contributed by atoms with Crippen LogP contribution in [0.3, 0.4) is 0 Å². The van der Waals surface area contributed by atoms with Gasteiger partial charge in [0.15, 0.2) is 0 Å². The molecule has 8 nitrogen and oxygen atoms in total. The Morgan fingerprint density at radius 1 is 1.24 bits per heavy atom. The molecule has 178 valence electrons. The zero-order valence-corrected chi connectivity index (χ0v) is 21.7. The van der Waals surface area contributed by atoms with Crippen molar-refractivity contribution >= 4 is 46.2 Å². The SMILES string of the molecule is C=C(C)/C(I)=C\C(=C/C)NC(=O)c1ccc(N2CCN(C(=O)CC(C)(C)C(=O)O)CC2)nc1. The number of nitrogens with one attached hydrogen (secondary N) is 1. The van der Waals surface area contributed by atoms with Crippen molar-refractivity contribution in [3.63, 3.8) is 0 Å². The number of allylic oxidation sites excluding steroid dienone is 4. The van der Waals surface area contributed by atoms with Gasteiger partial charge in [0.05, 0.1) is 11.0 Å². The van der Waals surface area contributed by atoms with Gasteiger partial charge >= 0.3 is 5.97 Å². The average Bonchev–Trinajstić information content (AvgIpc) is 2.78. The molecule has 9 heteroatoms. The summed E-state index contributed by atoms with van der Waals surface area (Å²) in [5.41, 5.74) is 0.963. The summed E-state index contributed by atoms with van der Waals surface area (Å²) in [6.45, 7) is 12.9. The fourth-order valence-electron chi connectivity index (χ4n) is 3.11. The molecule has 2 rings (SSSR count). The largest absolute Gasteiger partial charge is 0.481 e. The van der Waals surface area contributed by atoms with E-state index in [2.05, 4.69) is 39.5 Å². The number of carboxylic acids is 1. The van der Waals surface area contributed by atoms with Crippen molar-refractivity contribution in [1.82, 2.24) is 15.2 Å². The van der Waals surface area contributed by atoms with Crippen LogP contribution < -0.4 is 10.2 Å². The van der Waals surface area contributed by atoms with Gasteiger partial charge in [0.2, 0.25) is 5.91 Å². The number of rotatable bonds is 8. The van der Waals surface area contributed by atoms with Gasteiger partial charge in [0.25, 0.3) is 5.91 Å². The lowest BCUT2D eigenvalue weighted by Crippen LogP contribution is -2.50. The Morgan fingerprint density at radius 2 is 1.88 bits per heavy atom. The van der Waals surface area contributed by atoms with Gasteiger partial charge in [0, 0.05) is 48.1 Å². The summed E-state index contributed by atoms with van der Waals surface area (Å²) in [6, 6.07) is 3.52. The molecular formula is C24H31IN4O4. The molecule has 1 aromatic heterocycles. The number of aromatic nitrogens is 1. The number of aliphatic carboxylic acids is 1. The van der Waals surface area contributed by atoms with Gasteiger partial charge < -0.3 is 20.2 Å². The Hall–Kier alpha value is -2.69. The van der Waals surface area contributed by atoms with Crippen LogP contribution in [-0.4, -0.2) is 59.0 Å². The highest BCUT2D eigenvalue weighted by Gasteiger charge is 2.33. The third kappa shape index (κ3) is 7.41. The lowest BCUT2D eigenvalue weighted by atomic mass is 9.89. The fraction of sp³-hybridized carbons (Fsp3) is 0.417. The van der Waals surface area contributed by atoms with Crippen LogP contribution in [0.4, 0.5) is 5.82 Å². The third-order valence-electron chi connectivity index (χ3n) is 5.40. The second kappa shape index (κ2) is 11.4. The normalized spacial score (nSPS) is 15.3. The maximum atomic E-state index is 12.6. The van der Waals surface area contributed by atoms with Crippen LogP contribution in [0.5, 0.6) is 0 Å². The molecule has 0 saturated carbocycles. The molecule has 2 amide bonds. The highest BCUT2D eigenvalue weighted by atomic mass is 127. The minimum Gasteiger partial charge on any atom is -0.481 e. The highest BCUT2D eigenvalue weighted by Crippen LogP contribution is 2.23. The zero-order chi connectivity index (χ0) is 24.8. The van der Waals surface area contributed by atoms with Crippen LogP contribution in [0.25, 0.3) is 0 Å². The molecule has 1 saturated heterocycles. The Balaban J connectivity index is 1.95. The van der Waals surface area contributed by atoms with E-state index < -0.39 is 11.4 Å². The maximum absolute atomic E-state index is 12.6. The third-order valence-corrected chi connectivity index (χ3v) is 6.63. The summed E-state index contributed by atoms with van der Waals surface area (Å²) in [4.78, 5) is 44.5. The topological polar surface area (TPSA) is 103 Å². The molecule has 0 aliphatic carbocycles. The first-order valence-corrected chi connectivity index (χ1v) is 11.8. The minimum atomic E-state index is -1.09. The molecular weight excluding hydrogens is 535 g/mol. The van der Waals surface area contributed by atoms with E-state index in [1.807, 2.05) is 30.9 Å². The zero-order valence-electron chi connectivity index (χ0n) is 19.5. The highest BCUT2D eigenvalue weighted by molar-refractivity contribution is 14.1. The van der Waals surface area contributed by atoms with Crippen molar-refractivity contribution in [1.29, 1.82) is 0 Å². The summed E-state index contributed by atoms with van der Waals surface area (Å²) >= 11 is 2.18. The molecule has 33 heavy (non-hydrogen) atoms. The maximum Gasteiger partial charge on any atom is 0.309 e. The molecule has 0 aromatic carbocycles. The Morgan fingerprint density at radius 3 is 2.36 bits per heavy atom. The van der Waals surface area contributed by atoms with Crippen LogP contribution in [0.1, 0.15) is 44.5 Å². The van der Waals surface area contributed by atoms with Gasteiger partial charge in [-0.2, -0.15) is 0 Å². The molecule has 2 N–H and O–H groups in total. The number of pyridine rings is 1. The molecule has 1 aliphatic heterocycles. The van der Waals surface area contributed by atoms with Crippen LogP contribution in [-0.2, 0) is 9.59 Å². The van der Waals surface area contributed by atoms with E-state index in [1.165, 1.54) is 6.20 Å². The number of carbonyl (C=O) groups is 3. The number of nitrogens with zero attached hydrogens (tertiary/aromatic N) is 3. The van der Waals surface area contributed by atoms with Crippen molar-refractivity contribution in [3.8, 4) is 0 Å². The Kier molecular flexibility index (Phi) is 9.21. The van der Waals surface area contributed by atoms with Crippen LogP contribution in [0.2, 0.25) is 0 Å². The monoisotopic (exact) mass is 566 g/mol. The summed E-state index contributed by atoms with van der Waals surface area (Å²) in [7, 11) is 0. The fourth-order valence-corrected chi connectivity index (χ4v) is 3.45. The number of anilines is 1. The molecule has 0 unspecified atom stereocenters. The van der Waals surface area contributed by atoms with Gasteiger partial charge in [-0.1, -0.05) is 12.7 Å². The van der Waals surface area contributed by atoms with E-state index in [9.17, 15) is 19.5 Å². The van der Waals surface area contributed by atoms with Crippen LogP contribution in [0.15, 0.2) is 51.9 Å². The van der Waals surface area contributed by atoms with E-state index in [4.69, 9.17) is 0 Å². The number of amides is 2. The number of piperazine rings is 1. The number of hydrogen-bond donors (Lipinski definition) is 2. The number of carboxylic acid groups (broad SMARTS) is 1. The molecule has 0 bridgehead atoms. The van der Waals surface area contributed by atoms with Crippen molar-refractivity contribution in [3.05, 3.63) is 57.5 Å². The van der Waals surface area contributed by atoms with Crippen molar-refractivity contribution < 1.29 is 19.5 Å². The van der Waals surface area contributed by atoms with Gasteiger partial charge in [-0.05, 0) is 74.1 Å². The van der Waals surface area contributed by atoms with Gasteiger partial charge in [-0.25, -0.2) is 4.98 Å². The van der Waals surface area contributed by atoms with Crippen molar-refractivity contribution in [2.75, 3.05) is 31.1 Å². The number of hydrogen-bond acceptors (Lipinski definition) is 5. The molecule has 0 spiro atoms. The molecule has 1 aromatic rings. The quantitative estimate of drug-likeness (QED) is 0.367. The van der Waals surface area contributed by atoms with E-state index >= 15 is 0 Å². The summed E-state index contributed by atoms with van der Waals surface area (Å²) in [5.74, 6) is -0.656. The minimum absolute atomic E-state index is 0.0286. The van der Waals surface area contributed by atoms with Gasteiger partial charge in [-0.15, -0.1) is 0 Å². The van der Waals surface area contributed by atoms with E-state index in [0.717, 1.165) is 15.0 Å². The smallest absolute Gasteiger partial charge is 0.309 e. The van der Waals surface area contributed by atoms with Crippen LogP contribution in [0, 0.1) is 5.41 Å². The van der Waals surface area contributed by atoms with Crippen molar-refractivity contribution in [2.24, 2.45) is 5.41 Å². The first-order valence-electron chi connectivity index (χ1n) is 10.7. The second-order valence-corrected chi connectivity index (χ2v) is 9.77. The Bertz CT molecular complexity index is 975. The number of carbonyl (C=O) groups excluding carboxylic acids is 2. The van der Waals surface area contributed by atoms with Gasteiger partial charge in [-0.3, -0.25) is 14.4 Å². The summed E-state index contributed by atoms with van der Waals surface area (Å²) in [6.07, 6.45) is 5.19. The molecule has 1 aliphatic rings. The first kappa shape index (κ1) is 26.6. The summed E-state index contributed by atoms with van der Waals surface area (Å²) < 4.78 is 0.957. The summed E-state index contributed by atoms with van der Waals surface area (Å²) in [5, 5.41) is 12.1. The average molecular weight is 566 g/mol. The lowest BCUT2D eigenvalue weighted by Gasteiger charge is -2.36. The predicted octanol–water partition coefficient (Wildman–Crippen LogP) is 3.76. The molecule has 0 radical (unpaired) electrons. The van der Waals surface area contributed by atoms with Crippen LogP contribution >= 0.6 is 22.6 Å². The standard InChI is InChI=1S/C24H31IN4O4/c1-6-18(13-19(25)16(2)3)27-22(31)17-7-8-20(26-15-17)28-9-11-29(12-10-28)21(30)14-24(4,5)23(32)33/h6-8,13,15H,2,9-12,14H2,1,3-5H3,(H,27,31)(H,32,33)/b18-6+,19-13+. The van der Waals surface area contributed by atoms with E-state index in [1.54, 1.807) is 30.9 Å². The number of halogens is 1. The van der Waals surface area contributed by atoms with Gasteiger partial charge in [0.1, 0.15) is 5.82 Å². The second-order valence-electron chi connectivity index (χ2n) is 8.61. The Labute approximate surface area is 208 Å². The molecule has 0 atom stereocenters. The predicted molar refractivity (Wildman–Crippen MR) is 137 cm³/mol. The molecule has 1 fully saturated rings. The first-order chi connectivity index (χ1) is 15.4. The van der Waals surface area contributed by atoms with E-state index in [-0.39, 0.29) is 18.2 Å². The lowest BCUT2D eigenvalue weighted by molar-refractivity contribution is -0.151. The molecule has 2 heterocycles. The van der Waals surface area contributed by atoms with E-state index in [0.29, 0.717) is 37.4 Å². The van der Waals surface area contributed by atoms with Crippen molar-refractivity contribution in [2.45, 2.75) is 34.1 Å².